The lowest BCUT2D eigenvalue weighted by molar-refractivity contribution is -0.131. The summed E-state index contributed by atoms with van der Waals surface area (Å²) in [5, 5.41) is 7.64. The van der Waals surface area contributed by atoms with Crippen molar-refractivity contribution in [1.82, 2.24) is 24.9 Å². The third-order valence-corrected chi connectivity index (χ3v) is 7.32. The lowest BCUT2D eigenvalue weighted by atomic mass is 9.96. The third-order valence-electron chi connectivity index (χ3n) is 7.32. The molecule has 1 aromatic carbocycles. The molecule has 1 saturated carbocycles. The zero-order valence-corrected chi connectivity index (χ0v) is 20.5. The first kappa shape index (κ1) is 23.4. The highest BCUT2D eigenvalue weighted by atomic mass is 16.5. The van der Waals surface area contributed by atoms with Gasteiger partial charge in [-0.3, -0.25) is 19.1 Å². The largest absolute Gasteiger partial charge is 0.497 e. The summed E-state index contributed by atoms with van der Waals surface area (Å²) in [7, 11) is 3.47. The molecule has 35 heavy (non-hydrogen) atoms. The van der Waals surface area contributed by atoms with E-state index in [0.717, 1.165) is 48.3 Å². The summed E-state index contributed by atoms with van der Waals surface area (Å²) in [6.45, 7) is 2.02. The van der Waals surface area contributed by atoms with Crippen LogP contribution in [0.3, 0.4) is 0 Å². The average Bonchev–Trinajstić information content (AvgIpc) is 3.64. The number of aromatic nitrogens is 2. The minimum Gasteiger partial charge on any atom is -0.497 e. The van der Waals surface area contributed by atoms with Crippen molar-refractivity contribution in [3.63, 3.8) is 0 Å². The van der Waals surface area contributed by atoms with Crippen molar-refractivity contribution in [2.24, 2.45) is 13.0 Å². The molecule has 1 saturated heterocycles. The number of aryl methyl sites for hydroxylation is 1. The van der Waals surface area contributed by atoms with Gasteiger partial charge >= 0.3 is 0 Å². The standard InChI is InChI=1S/C26H33N5O4/c1-29-22-11-13-30(23(32)14-17-5-9-20(35-2)10-6-17)16-21(22)24(28-29)26(34)31-12-3-4-18(15-31)25(33)27-19-7-8-19/h5-6,9-10,18-19H,3-4,7-8,11-16H2,1-2H3,(H,27,33). The molecule has 186 valence electrons. The van der Waals surface area contributed by atoms with Crippen LogP contribution in [0.5, 0.6) is 5.75 Å². The Bertz CT molecular complexity index is 1120. The fourth-order valence-corrected chi connectivity index (χ4v) is 5.08. The number of methoxy groups -OCH3 is 1. The summed E-state index contributed by atoms with van der Waals surface area (Å²) >= 11 is 0. The van der Waals surface area contributed by atoms with Crippen LogP contribution >= 0.6 is 0 Å². The highest BCUT2D eigenvalue weighted by Crippen LogP contribution is 2.27. The van der Waals surface area contributed by atoms with Crippen molar-refractivity contribution in [3.05, 3.63) is 46.8 Å². The summed E-state index contributed by atoms with van der Waals surface area (Å²) < 4.78 is 6.97. The molecule has 0 bridgehead atoms. The predicted octanol–water partition coefficient (Wildman–Crippen LogP) is 1.69. The summed E-state index contributed by atoms with van der Waals surface area (Å²) in [6.07, 6.45) is 4.66. The van der Waals surface area contributed by atoms with Gasteiger partial charge in [-0.15, -0.1) is 0 Å². The molecular weight excluding hydrogens is 446 g/mol. The van der Waals surface area contributed by atoms with Gasteiger partial charge in [0.15, 0.2) is 5.69 Å². The smallest absolute Gasteiger partial charge is 0.274 e. The normalized spacial score (nSPS) is 19.8. The zero-order valence-electron chi connectivity index (χ0n) is 20.5. The van der Waals surface area contributed by atoms with E-state index in [-0.39, 0.29) is 23.6 Å². The molecule has 1 aromatic heterocycles. The first-order chi connectivity index (χ1) is 16.9. The van der Waals surface area contributed by atoms with E-state index in [9.17, 15) is 14.4 Å². The van der Waals surface area contributed by atoms with Gasteiger partial charge in [0.2, 0.25) is 11.8 Å². The summed E-state index contributed by atoms with van der Waals surface area (Å²) in [4.78, 5) is 42.7. The van der Waals surface area contributed by atoms with Gasteiger partial charge in [-0.1, -0.05) is 12.1 Å². The number of fused-ring (bicyclic) bond motifs is 1. The number of carbonyl (C=O) groups is 3. The first-order valence-corrected chi connectivity index (χ1v) is 12.5. The number of benzene rings is 1. The molecule has 3 amide bonds. The Kier molecular flexibility index (Phi) is 6.49. The number of ether oxygens (including phenoxy) is 1. The van der Waals surface area contributed by atoms with Crippen LogP contribution in [0.2, 0.25) is 0 Å². The Hall–Kier alpha value is -3.36. The van der Waals surface area contributed by atoms with Crippen LogP contribution in [0.4, 0.5) is 0 Å². The van der Waals surface area contributed by atoms with Crippen molar-refractivity contribution in [2.75, 3.05) is 26.7 Å². The van der Waals surface area contributed by atoms with Crippen LogP contribution in [-0.4, -0.2) is 70.1 Å². The van der Waals surface area contributed by atoms with E-state index >= 15 is 0 Å². The predicted molar refractivity (Wildman–Crippen MR) is 129 cm³/mol. The molecule has 2 aliphatic heterocycles. The van der Waals surface area contributed by atoms with Crippen molar-refractivity contribution in [3.8, 4) is 5.75 Å². The van der Waals surface area contributed by atoms with E-state index in [4.69, 9.17) is 4.74 Å². The van der Waals surface area contributed by atoms with Crippen LogP contribution in [0, 0.1) is 5.92 Å². The van der Waals surface area contributed by atoms with Crippen LogP contribution in [0.25, 0.3) is 0 Å². The molecule has 5 rings (SSSR count). The number of carbonyl (C=O) groups excluding carboxylic acids is 3. The highest BCUT2D eigenvalue weighted by Gasteiger charge is 2.35. The van der Waals surface area contributed by atoms with Gasteiger partial charge in [0.1, 0.15) is 5.75 Å². The van der Waals surface area contributed by atoms with Gasteiger partial charge < -0.3 is 19.9 Å². The molecule has 0 radical (unpaired) electrons. The molecule has 1 aliphatic carbocycles. The number of likely N-dealkylation sites (tertiary alicyclic amines) is 1. The minimum atomic E-state index is -0.171. The maximum Gasteiger partial charge on any atom is 0.274 e. The maximum absolute atomic E-state index is 13.5. The zero-order chi connectivity index (χ0) is 24.5. The van der Waals surface area contributed by atoms with Crippen LogP contribution < -0.4 is 10.1 Å². The van der Waals surface area contributed by atoms with E-state index in [1.54, 1.807) is 16.7 Å². The number of hydrogen-bond acceptors (Lipinski definition) is 5. The molecule has 2 fully saturated rings. The monoisotopic (exact) mass is 479 g/mol. The number of nitrogens with zero attached hydrogens (tertiary/aromatic N) is 4. The molecular formula is C26H33N5O4. The first-order valence-electron chi connectivity index (χ1n) is 12.5. The Labute approximate surface area is 205 Å². The molecule has 2 aromatic rings. The lowest BCUT2D eigenvalue weighted by Gasteiger charge is -2.32. The molecule has 1 N–H and O–H groups in total. The maximum atomic E-state index is 13.5. The van der Waals surface area contributed by atoms with Gasteiger partial charge in [0, 0.05) is 56.9 Å². The summed E-state index contributed by atoms with van der Waals surface area (Å²) in [5.41, 5.74) is 3.17. The number of rotatable bonds is 6. The molecule has 9 heteroatoms. The lowest BCUT2D eigenvalue weighted by Crippen LogP contribution is -2.46. The van der Waals surface area contributed by atoms with Crippen molar-refractivity contribution in [1.29, 1.82) is 0 Å². The second-order valence-electron chi connectivity index (χ2n) is 9.86. The fourth-order valence-electron chi connectivity index (χ4n) is 5.08. The van der Waals surface area contributed by atoms with E-state index in [1.165, 1.54) is 0 Å². The molecule has 1 unspecified atom stereocenters. The molecule has 3 aliphatic rings. The third kappa shape index (κ3) is 5.04. The minimum absolute atomic E-state index is 0.0258. The highest BCUT2D eigenvalue weighted by molar-refractivity contribution is 5.95. The molecule has 0 spiro atoms. The van der Waals surface area contributed by atoms with Crippen LogP contribution in [0.15, 0.2) is 24.3 Å². The Morgan fingerprint density at radius 1 is 1.09 bits per heavy atom. The van der Waals surface area contributed by atoms with E-state index in [1.807, 2.05) is 36.2 Å². The average molecular weight is 480 g/mol. The molecule has 1 atom stereocenters. The Balaban J connectivity index is 1.27. The second-order valence-corrected chi connectivity index (χ2v) is 9.86. The van der Waals surface area contributed by atoms with E-state index < -0.39 is 0 Å². The van der Waals surface area contributed by atoms with Gasteiger partial charge in [0.25, 0.3) is 5.91 Å². The number of amides is 3. The van der Waals surface area contributed by atoms with Crippen molar-refractivity contribution >= 4 is 17.7 Å². The second kappa shape index (κ2) is 9.71. The number of piperidine rings is 1. The Morgan fingerprint density at radius 3 is 2.57 bits per heavy atom. The van der Waals surface area contributed by atoms with Crippen molar-refractivity contribution in [2.45, 2.75) is 51.1 Å². The number of nitrogens with one attached hydrogen (secondary N) is 1. The van der Waals surface area contributed by atoms with Gasteiger partial charge in [-0.25, -0.2) is 0 Å². The van der Waals surface area contributed by atoms with E-state index in [0.29, 0.717) is 50.8 Å². The topological polar surface area (TPSA) is 96.8 Å². The Morgan fingerprint density at radius 2 is 1.86 bits per heavy atom. The molecule has 9 nitrogen and oxygen atoms in total. The number of hydrogen-bond donors (Lipinski definition) is 1. The SMILES string of the molecule is COc1ccc(CC(=O)N2CCc3c(c(C(=O)N4CCCC(C(=O)NC5CC5)C4)nn3C)C2)cc1. The summed E-state index contributed by atoms with van der Waals surface area (Å²) in [6, 6.07) is 7.82. The van der Waals surface area contributed by atoms with Crippen LogP contribution in [-0.2, 0) is 36.0 Å². The van der Waals surface area contributed by atoms with Crippen LogP contribution in [0.1, 0.15) is 53.0 Å². The van der Waals surface area contributed by atoms with E-state index in [2.05, 4.69) is 10.4 Å². The van der Waals surface area contributed by atoms with Gasteiger partial charge in [-0.2, -0.15) is 5.10 Å². The summed E-state index contributed by atoms with van der Waals surface area (Å²) in [5.74, 6) is 0.527. The van der Waals surface area contributed by atoms with Gasteiger partial charge in [0.05, 0.1) is 19.4 Å². The quantitative estimate of drug-likeness (QED) is 0.680. The van der Waals surface area contributed by atoms with Gasteiger partial charge in [-0.05, 0) is 43.4 Å². The fraction of sp³-hybridized carbons (Fsp3) is 0.538. The molecule has 3 heterocycles. The van der Waals surface area contributed by atoms with Crippen molar-refractivity contribution < 1.29 is 19.1 Å².